The smallest absolute Gasteiger partial charge is 0.276 e. The number of hydrazone groups is 1. The molecule has 1 amide bonds. The molecule has 1 unspecified atom stereocenters. The lowest BCUT2D eigenvalue weighted by molar-refractivity contribution is -0.0728. The summed E-state index contributed by atoms with van der Waals surface area (Å²) in [4.78, 5) is 12.6. The van der Waals surface area contributed by atoms with Crippen LogP contribution in [0, 0.1) is 0 Å². The van der Waals surface area contributed by atoms with Gasteiger partial charge >= 0.3 is 0 Å². The molecule has 1 aromatic rings. The van der Waals surface area contributed by atoms with Gasteiger partial charge in [0.15, 0.2) is 5.72 Å². The maximum absolute atomic E-state index is 12.6. The molecule has 1 aliphatic heterocycles. The third kappa shape index (κ3) is 3.50. The number of hydrogen-bond acceptors (Lipinski definition) is 3. The normalized spacial score (nSPS) is 21.5. The van der Waals surface area contributed by atoms with Crippen LogP contribution in [-0.4, -0.2) is 27.5 Å². The fourth-order valence-corrected chi connectivity index (χ4v) is 2.60. The van der Waals surface area contributed by atoms with Crippen LogP contribution in [0.5, 0.6) is 0 Å². The van der Waals surface area contributed by atoms with Crippen LogP contribution >= 0.6 is 0 Å². The van der Waals surface area contributed by atoms with Crippen LogP contribution in [0.1, 0.15) is 62.7 Å². The lowest BCUT2D eigenvalue weighted by Crippen LogP contribution is -2.45. The molecular formula is C17H24N2O2. The predicted octanol–water partition coefficient (Wildman–Crippen LogP) is 3.57. The SMILES string of the molecule is CCCCCC1=NN(C(=O)c2ccccc2)C(O)(CC)C1. The van der Waals surface area contributed by atoms with E-state index in [0.29, 0.717) is 18.4 Å². The van der Waals surface area contributed by atoms with Crippen LogP contribution in [0.15, 0.2) is 35.4 Å². The Kier molecular flexibility index (Phi) is 5.12. The average molecular weight is 288 g/mol. The molecule has 0 spiro atoms. The van der Waals surface area contributed by atoms with E-state index in [4.69, 9.17) is 0 Å². The van der Waals surface area contributed by atoms with Crippen molar-refractivity contribution >= 4 is 11.6 Å². The topological polar surface area (TPSA) is 52.9 Å². The fourth-order valence-electron chi connectivity index (χ4n) is 2.60. The van der Waals surface area contributed by atoms with Crippen LogP contribution in [0.4, 0.5) is 0 Å². The summed E-state index contributed by atoms with van der Waals surface area (Å²) < 4.78 is 0. The van der Waals surface area contributed by atoms with Crippen LogP contribution in [0.3, 0.4) is 0 Å². The molecule has 21 heavy (non-hydrogen) atoms. The van der Waals surface area contributed by atoms with Crippen LogP contribution in [0.25, 0.3) is 0 Å². The second-order valence-corrected chi connectivity index (χ2v) is 5.62. The van der Waals surface area contributed by atoms with Gasteiger partial charge in [-0.25, -0.2) is 0 Å². The number of hydrogen-bond donors (Lipinski definition) is 1. The van der Waals surface area contributed by atoms with Gasteiger partial charge in [-0.1, -0.05) is 44.9 Å². The first-order valence-electron chi connectivity index (χ1n) is 7.79. The van der Waals surface area contributed by atoms with E-state index in [2.05, 4.69) is 12.0 Å². The fraction of sp³-hybridized carbons (Fsp3) is 0.529. The molecule has 0 aromatic heterocycles. The number of carbonyl (C=O) groups excluding carboxylic acids is 1. The number of amides is 1. The largest absolute Gasteiger partial charge is 0.369 e. The molecule has 0 bridgehead atoms. The van der Waals surface area contributed by atoms with Crippen LogP contribution < -0.4 is 0 Å². The molecule has 0 aliphatic carbocycles. The Morgan fingerprint density at radius 2 is 2.00 bits per heavy atom. The highest BCUT2D eigenvalue weighted by molar-refractivity contribution is 5.98. The predicted molar refractivity (Wildman–Crippen MR) is 84.0 cm³/mol. The summed E-state index contributed by atoms with van der Waals surface area (Å²) in [7, 11) is 0. The summed E-state index contributed by atoms with van der Waals surface area (Å²) in [5, 5.41) is 16.4. The molecule has 1 N–H and O–H groups in total. The van der Waals surface area contributed by atoms with Gasteiger partial charge in [-0.2, -0.15) is 10.1 Å². The molecule has 1 heterocycles. The molecule has 4 nitrogen and oxygen atoms in total. The van der Waals surface area contributed by atoms with Crippen molar-refractivity contribution in [3.05, 3.63) is 35.9 Å². The van der Waals surface area contributed by atoms with E-state index < -0.39 is 5.72 Å². The molecule has 114 valence electrons. The minimum absolute atomic E-state index is 0.231. The van der Waals surface area contributed by atoms with Gasteiger partial charge in [-0.05, 0) is 31.4 Å². The maximum atomic E-state index is 12.6. The second-order valence-electron chi connectivity index (χ2n) is 5.62. The number of aliphatic hydroxyl groups is 1. The first-order valence-corrected chi connectivity index (χ1v) is 7.79. The van der Waals surface area contributed by atoms with Gasteiger partial charge in [0.05, 0.1) is 0 Å². The van der Waals surface area contributed by atoms with Gasteiger partial charge in [0, 0.05) is 17.7 Å². The highest BCUT2D eigenvalue weighted by Gasteiger charge is 2.42. The minimum Gasteiger partial charge on any atom is -0.369 e. The summed E-state index contributed by atoms with van der Waals surface area (Å²) in [5.41, 5.74) is 0.314. The molecule has 0 radical (unpaired) electrons. The van der Waals surface area contributed by atoms with E-state index >= 15 is 0 Å². The summed E-state index contributed by atoms with van der Waals surface area (Å²) in [6.07, 6.45) is 5.16. The minimum atomic E-state index is -1.17. The molecule has 1 aromatic carbocycles. The zero-order valence-electron chi connectivity index (χ0n) is 12.9. The highest BCUT2D eigenvalue weighted by atomic mass is 16.3. The Morgan fingerprint density at radius 1 is 1.29 bits per heavy atom. The monoisotopic (exact) mass is 288 g/mol. The van der Waals surface area contributed by atoms with Crippen molar-refractivity contribution < 1.29 is 9.90 Å². The summed E-state index contributed by atoms with van der Waals surface area (Å²) in [5.74, 6) is -0.231. The van der Waals surface area contributed by atoms with Gasteiger partial charge < -0.3 is 5.11 Å². The average Bonchev–Trinajstić information content (AvgIpc) is 2.85. The van der Waals surface area contributed by atoms with Gasteiger partial charge in [-0.3, -0.25) is 4.79 Å². The highest BCUT2D eigenvalue weighted by Crippen LogP contribution is 2.31. The van der Waals surface area contributed by atoms with E-state index in [9.17, 15) is 9.90 Å². The quantitative estimate of drug-likeness (QED) is 0.814. The Labute approximate surface area is 126 Å². The molecule has 1 atom stereocenters. The number of rotatable bonds is 6. The van der Waals surface area contributed by atoms with E-state index in [0.717, 1.165) is 31.4 Å². The third-order valence-electron chi connectivity index (χ3n) is 3.97. The first kappa shape index (κ1) is 15.7. The summed E-state index contributed by atoms with van der Waals surface area (Å²) >= 11 is 0. The van der Waals surface area contributed by atoms with Crippen molar-refractivity contribution in [1.29, 1.82) is 0 Å². The van der Waals surface area contributed by atoms with Gasteiger partial charge in [0.1, 0.15) is 0 Å². The number of unbranched alkanes of at least 4 members (excludes halogenated alkanes) is 2. The van der Waals surface area contributed by atoms with Crippen molar-refractivity contribution in [2.75, 3.05) is 0 Å². The number of nitrogens with zero attached hydrogens (tertiary/aromatic N) is 2. The van der Waals surface area contributed by atoms with E-state index in [1.807, 2.05) is 25.1 Å². The third-order valence-corrected chi connectivity index (χ3v) is 3.97. The molecule has 1 aliphatic rings. The summed E-state index contributed by atoms with van der Waals surface area (Å²) in [6, 6.07) is 9.01. The Balaban J connectivity index is 2.16. The molecular weight excluding hydrogens is 264 g/mol. The number of benzene rings is 1. The van der Waals surface area contributed by atoms with Crippen LogP contribution in [0.2, 0.25) is 0 Å². The van der Waals surface area contributed by atoms with E-state index in [1.54, 1.807) is 12.1 Å². The Morgan fingerprint density at radius 3 is 2.62 bits per heavy atom. The first-order chi connectivity index (χ1) is 10.1. The van der Waals surface area contributed by atoms with Crippen molar-refractivity contribution in [2.45, 2.75) is 58.1 Å². The Hall–Kier alpha value is -1.68. The van der Waals surface area contributed by atoms with Crippen molar-refractivity contribution in [3.63, 3.8) is 0 Å². The molecule has 0 saturated carbocycles. The lowest BCUT2D eigenvalue weighted by Gasteiger charge is -2.29. The second kappa shape index (κ2) is 6.85. The maximum Gasteiger partial charge on any atom is 0.276 e. The zero-order chi connectivity index (χ0) is 15.3. The van der Waals surface area contributed by atoms with Crippen molar-refractivity contribution in [1.82, 2.24) is 5.01 Å². The van der Waals surface area contributed by atoms with Gasteiger partial charge in [0.25, 0.3) is 5.91 Å². The van der Waals surface area contributed by atoms with E-state index in [1.165, 1.54) is 5.01 Å². The standard InChI is InChI=1S/C17H24N2O2/c1-3-5-7-12-15-13-17(21,4-2)19(18-15)16(20)14-10-8-6-9-11-14/h6,8-11,21H,3-5,7,12-13H2,1-2H3. The molecule has 0 fully saturated rings. The van der Waals surface area contributed by atoms with Crippen LogP contribution in [-0.2, 0) is 0 Å². The summed E-state index contributed by atoms with van der Waals surface area (Å²) in [6.45, 7) is 4.04. The Bertz CT molecular complexity index is 513. The number of carbonyl (C=O) groups is 1. The molecule has 0 saturated heterocycles. The van der Waals surface area contributed by atoms with E-state index in [-0.39, 0.29) is 5.91 Å². The van der Waals surface area contributed by atoms with Gasteiger partial charge in [-0.15, -0.1) is 0 Å². The molecule has 4 heteroatoms. The lowest BCUT2D eigenvalue weighted by atomic mass is 10.00. The zero-order valence-corrected chi connectivity index (χ0v) is 12.9. The molecule has 2 rings (SSSR count). The van der Waals surface area contributed by atoms with Gasteiger partial charge in [0.2, 0.25) is 0 Å². The van der Waals surface area contributed by atoms with Crippen molar-refractivity contribution in [3.8, 4) is 0 Å². The van der Waals surface area contributed by atoms with Crippen molar-refractivity contribution in [2.24, 2.45) is 5.10 Å².